The van der Waals surface area contributed by atoms with E-state index in [1.54, 1.807) is 18.2 Å². The fourth-order valence-corrected chi connectivity index (χ4v) is 3.62. The third-order valence-electron chi connectivity index (χ3n) is 4.61. The van der Waals surface area contributed by atoms with E-state index in [2.05, 4.69) is 10.4 Å². The number of amides is 1. The van der Waals surface area contributed by atoms with Gasteiger partial charge in [0.2, 0.25) is 11.6 Å². The van der Waals surface area contributed by atoms with Gasteiger partial charge in [-0.25, -0.2) is 8.78 Å². The quantitative estimate of drug-likeness (QED) is 0.202. The summed E-state index contributed by atoms with van der Waals surface area (Å²) in [4.78, 5) is 12.5. The molecule has 13 heteroatoms. The molecule has 0 bridgehead atoms. The Morgan fingerprint density at radius 1 is 1.00 bits per heavy atom. The normalized spacial score (nSPS) is 11.1. The molecule has 0 atom stereocenters. The number of aromatic nitrogens is 2. The molecule has 6 nitrogen and oxygen atoms in total. The smallest absolute Gasteiger partial charge is 0.292 e. The Bertz CT molecular complexity index is 1400. The highest BCUT2D eigenvalue weighted by atomic mass is 35.5. The van der Waals surface area contributed by atoms with E-state index in [9.17, 15) is 22.4 Å². The first-order valence-corrected chi connectivity index (χ1v) is 10.8. The van der Waals surface area contributed by atoms with Crippen LogP contribution in [0.5, 0.6) is 5.75 Å². The minimum atomic E-state index is -1.70. The van der Waals surface area contributed by atoms with Crippen molar-refractivity contribution < 1.29 is 31.5 Å². The van der Waals surface area contributed by atoms with Crippen LogP contribution in [-0.4, -0.2) is 15.7 Å². The third-order valence-corrected chi connectivity index (χ3v) is 5.48. The number of halogens is 7. The Morgan fingerprint density at radius 2 is 1.71 bits per heavy atom. The van der Waals surface area contributed by atoms with E-state index < -0.39 is 41.5 Å². The summed E-state index contributed by atoms with van der Waals surface area (Å²) in [6.07, 6.45) is 1.48. The van der Waals surface area contributed by atoms with Crippen molar-refractivity contribution in [2.24, 2.45) is 0 Å². The van der Waals surface area contributed by atoms with Crippen LogP contribution in [0.1, 0.15) is 21.9 Å². The molecule has 182 valence electrons. The predicted octanol–water partition coefficient (Wildman–Crippen LogP) is 6.87. The number of hydrogen-bond donors (Lipinski definition) is 1. The van der Waals surface area contributed by atoms with E-state index >= 15 is 0 Å². The standard InChI is InChI=1S/C22H12Cl3F4N3O3/c23-11-2-1-10(13(24)5-11)7-32-8-14(25)21(31-32)30-22(33)17-4-3-12(35-17)9-34-20-18(28)15(26)6-16(27)19(20)29/h1-6,8H,7,9H2,(H,30,31,33). The molecular formula is C22H12Cl3F4N3O3. The van der Waals surface area contributed by atoms with E-state index in [0.29, 0.717) is 10.0 Å². The third kappa shape index (κ3) is 5.55. The van der Waals surface area contributed by atoms with Gasteiger partial charge < -0.3 is 14.5 Å². The first-order valence-electron chi connectivity index (χ1n) is 9.65. The lowest BCUT2D eigenvalue weighted by Crippen LogP contribution is -2.12. The second-order valence-corrected chi connectivity index (χ2v) is 8.32. The molecule has 1 amide bonds. The summed E-state index contributed by atoms with van der Waals surface area (Å²) in [5.41, 5.74) is 0.717. The zero-order valence-electron chi connectivity index (χ0n) is 17.2. The predicted molar refractivity (Wildman–Crippen MR) is 120 cm³/mol. The average Bonchev–Trinajstić information content (AvgIpc) is 3.41. The van der Waals surface area contributed by atoms with E-state index in [1.807, 2.05) is 0 Å². The van der Waals surface area contributed by atoms with Crippen molar-refractivity contribution in [2.45, 2.75) is 13.2 Å². The van der Waals surface area contributed by atoms with E-state index in [0.717, 1.165) is 5.56 Å². The van der Waals surface area contributed by atoms with Gasteiger partial charge in [0.05, 0.1) is 6.54 Å². The minimum absolute atomic E-state index is 0.0373. The molecular weight excluding hydrogens is 537 g/mol. The van der Waals surface area contributed by atoms with Crippen molar-refractivity contribution in [1.82, 2.24) is 9.78 Å². The van der Waals surface area contributed by atoms with Crippen molar-refractivity contribution in [3.8, 4) is 5.75 Å². The van der Waals surface area contributed by atoms with E-state index in [4.69, 9.17) is 44.0 Å². The van der Waals surface area contributed by atoms with Gasteiger partial charge in [0, 0.05) is 22.3 Å². The molecule has 4 rings (SSSR count). The topological polar surface area (TPSA) is 69.3 Å². The van der Waals surface area contributed by atoms with Crippen LogP contribution >= 0.6 is 34.8 Å². The number of carbonyl (C=O) groups excluding carboxylic acids is 1. The zero-order valence-corrected chi connectivity index (χ0v) is 19.5. The van der Waals surface area contributed by atoms with Crippen molar-refractivity contribution >= 4 is 46.5 Å². The number of ether oxygens (including phenoxy) is 1. The Balaban J connectivity index is 1.42. The van der Waals surface area contributed by atoms with Gasteiger partial charge in [-0.2, -0.15) is 13.9 Å². The fraction of sp³-hybridized carbons (Fsp3) is 0.0909. The molecule has 0 aliphatic rings. The van der Waals surface area contributed by atoms with Crippen molar-refractivity contribution in [3.05, 3.63) is 98.0 Å². The maximum Gasteiger partial charge on any atom is 0.292 e. The molecule has 0 radical (unpaired) electrons. The summed E-state index contributed by atoms with van der Waals surface area (Å²) in [5.74, 6) is -8.83. The summed E-state index contributed by atoms with van der Waals surface area (Å²) in [6.45, 7) is -0.358. The van der Waals surface area contributed by atoms with Gasteiger partial charge in [0.15, 0.2) is 29.0 Å². The van der Waals surface area contributed by atoms with Gasteiger partial charge in [-0.3, -0.25) is 9.48 Å². The van der Waals surface area contributed by atoms with Gasteiger partial charge in [-0.15, -0.1) is 0 Å². The Hall–Kier alpha value is -3.21. The van der Waals surface area contributed by atoms with E-state index in [-0.39, 0.29) is 35.0 Å². The van der Waals surface area contributed by atoms with Crippen LogP contribution in [0.4, 0.5) is 23.4 Å². The Kier molecular flexibility index (Phi) is 7.25. The number of hydrogen-bond acceptors (Lipinski definition) is 4. The zero-order chi connectivity index (χ0) is 25.3. The van der Waals surface area contributed by atoms with Crippen LogP contribution in [0, 0.1) is 23.3 Å². The first-order chi connectivity index (χ1) is 16.6. The molecule has 2 heterocycles. The second kappa shape index (κ2) is 10.2. The highest BCUT2D eigenvalue weighted by molar-refractivity contribution is 6.35. The number of nitrogens with zero attached hydrogens (tertiary/aromatic N) is 2. The minimum Gasteiger partial charge on any atom is -0.479 e. The summed E-state index contributed by atoms with van der Waals surface area (Å²) in [6, 6.07) is 7.57. The number of rotatable bonds is 7. The summed E-state index contributed by atoms with van der Waals surface area (Å²) < 4.78 is 65.5. The van der Waals surface area contributed by atoms with Crippen LogP contribution in [0.25, 0.3) is 0 Å². The lowest BCUT2D eigenvalue weighted by Gasteiger charge is -2.08. The molecule has 0 saturated carbocycles. The van der Waals surface area contributed by atoms with Crippen LogP contribution < -0.4 is 10.1 Å². The van der Waals surface area contributed by atoms with E-state index in [1.165, 1.54) is 23.0 Å². The lowest BCUT2D eigenvalue weighted by molar-refractivity contribution is 0.0991. The van der Waals surface area contributed by atoms with Crippen LogP contribution in [-0.2, 0) is 13.2 Å². The largest absolute Gasteiger partial charge is 0.479 e. The summed E-state index contributed by atoms with van der Waals surface area (Å²) in [5, 5.41) is 7.71. The molecule has 2 aromatic heterocycles. The highest BCUT2D eigenvalue weighted by Crippen LogP contribution is 2.28. The maximum atomic E-state index is 13.7. The molecule has 2 aromatic carbocycles. The van der Waals surface area contributed by atoms with Gasteiger partial charge in [0.25, 0.3) is 5.91 Å². The molecule has 35 heavy (non-hydrogen) atoms. The van der Waals surface area contributed by atoms with Gasteiger partial charge in [-0.05, 0) is 29.8 Å². The number of anilines is 1. The monoisotopic (exact) mass is 547 g/mol. The van der Waals surface area contributed by atoms with Crippen LogP contribution in [0.2, 0.25) is 15.1 Å². The first kappa shape index (κ1) is 24.9. The van der Waals surface area contributed by atoms with Crippen molar-refractivity contribution in [3.63, 3.8) is 0 Å². The van der Waals surface area contributed by atoms with Crippen LogP contribution in [0.15, 0.2) is 47.0 Å². The van der Waals surface area contributed by atoms with Gasteiger partial charge in [-0.1, -0.05) is 40.9 Å². The maximum absolute atomic E-state index is 13.7. The molecule has 4 aromatic rings. The summed E-state index contributed by atoms with van der Waals surface area (Å²) in [7, 11) is 0. The molecule has 0 aliphatic heterocycles. The molecule has 0 aliphatic carbocycles. The summed E-state index contributed by atoms with van der Waals surface area (Å²) >= 11 is 18.2. The Morgan fingerprint density at radius 3 is 2.40 bits per heavy atom. The van der Waals surface area contributed by atoms with Gasteiger partial charge >= 0.3 is 0 Å². The number of benzene rings is 2. The average molecular weight is 549 g/mol. The number of carbonyl (C=O) groups is 1. The number of nitrogens with one attached hydrogen (secondary N) is 1. The molecule has 0 unspecified atom stereocenters. The van der Waals surface area contributed by atoms with Gasteiger partial charge in [0.1, 0.15) is 17.4 Å². The molecule has 0 saturated heterocycles. The highest BCUT2D eigenvalue weighted by Gasteiger charge is 2.22. The van der Waals surface area contributed by atoms with Crippen LogP contribution in [0.3, 0.4) is 0 Å². The SMILES string of the molecule is O=C(Nc1nn(Cc2ccc(Cl)cc2Cl)cc1Cl)c1ccc(COc2c(F)c(F)cc(F)c2F)o1. The fourth-order valence-electron chi connectivity index (χ4n) is 2.96. The number of furan rings is 1. The Labute approximate surface area is 209 Å². The van der Waals surface area contributed by atoms with Crippen molar-refractivity contribution in [2.75, 3.05) is 5.32 Å². The molecule has 0 fully saturated rings. The van der Waals surface area contributed by atoms with Crippen molar-refractivity contribution in [1.29, 1.82) is 0 Å². The molecule has 0 spiro atoms. The lowest BCUT2D eigenvalue weighted by atomic mass is 10.2. The second-order valence-electron chi connectivity index (χ2n) is 7.07. The molecule has 1 N–H and O–H groups in total.